The standard InChI is InChI=1S/C17H23NO/c1-13(2)18(16-7-5-4-6-8-16)17(19)15-11-9-14(3)10-12-15/h4-5,9-13,16H,6-8H2,1-3H3. The van der Waals surface area contributed by atoms with E-state index in [1.54, 1.807) is 0 Å². The minimum absolute atomic E-state index is 0.162. The molecule has 0 saturated heterocycles. The third kappa shape index (κ3) is 3.25. The van der Waals surface area contributed by atoms with Crippen molar-refractivity contribution in [2.45, 2.75) is 52.1 Å². The molecule has 1 aromatic rings. The monoisotopic (exact) mass is 257 g/mol. The topological polar surface area (TPSA) is 20.3 Å². The zero-order valence-electron chi connectivity index (χ0n) is 12.1. The number of hydrogen-bond acceptors (Lipinski definition) is 1. The van der Waals surface area contributed by atoms with Crippen molar-refractivity contribution in [3.05, 3.63) is 47.5 Å². The molecule has 0 spiro atoms. The van der Waals surface area contributed by atoms with Gasteiger partial charge < -0.3 is 4.90 Å². The molecule has 0 bridgehead atoms. The van der Waals surface area contributed by atoms with Crippen molar-refractivity contribution >= 4 is 5.91 Å². The lowest BCUT2D eigenvalue weighted by molar-refractivity contribution is 0.0595. The molecule has 2 nitrogen and oxygen atoms in total. The normalized spacial score (nSPS) is 18.6. The second-order valence-electron chi connectivity index (χ2n) is 5.61. The highest BCUT2D eigenvalue weighted by molar-refractivity contribution is 5.94. The van der Waals surface area contributed by atoms with Gasteiger partial charge in [-0.25, -0.2) is 0 Å². The molecule has 19 heavy (non-hydrogen) atoms. The molecule has 0 saturated carbocycles. The Labute approximate surface area is 116 Å². The maximum atomic E-state index is 12.7. The van der Waals surface area contributed by atoms with Crippen LogP contribution in [0.3, 0.4) is 0 Å². The predicted octanol–water partition coefficient (Wildman–Crippen LogP) is 3.95. The van der Waals surface area contributed by atoms with Gasteiger partial charge in [0.05, 0.1) is 0 Å². The first-order valence-electron chi connectivity index (χ1n) is 7.14. The lowest BCUT2D eigenvalue weighted by atomic mass is 9.98. The Balaban J connectivity index is 2.21. The Bertz CT molecular complexity index is 459. The highest BCUT2D eigenvalue weighted by atomic mass is 16.2. The summed E-state index contributed by atoms with van der Waals surface area (Å²) in [5, 5.41) is 0. The Kier molecular flexibility index (Phi) is 4.41. The number of allylic oxidation sites excluding steroid dienone is 1. The summed E-state index contributed by atoms with van der Waals surface area (Å²) in [6.07, 6.45) is 7.55. The van der Waals surface area contributed by atoms with Crippen molar-refractivity contribution in [2.24, 2.45) is 0 Å². The van der Waals surface area contributed by atoms with Crippen LogP contribution in [0.5, 0.6) is 0 Å². The fraction of sp³-hybridized carbons (Fsp3) is 0.471. The van der Waals surface area contributed by atoms with Crippen LogP contribution >= 0.6 is 0 Å². The third-order valence-electron chi connectivity index (χ3n) is 3.72. The fourth-order valence-electron chi connectivity index (χ4n) is 2.70. The number of hydrogen-bond donors (Lipinski definition) is 0. The molecule has 0 aromatic heterocycles. The van der Waals surface area contributed by atoms with E-state index in [0.29, 0.717) is 6.04 Å². The number of carbonyl (C=O) groups excluding carboxylic acids is 1. The van der Waals surface area contributed by atoms with E-state index in [4.69, 9.17) is 0 Å². The first-order valence-corrected chi connectivity index (χ1v) is 7.14. The molecule has 2 heteroatoms. The summed E-state index contributed by atoms with van der Waals surface area (Å²) < 4.78 is 0. The van der Waals surface area contributed by atoms with Crippen LogP contribution in [-0.2, 0) is 0 Å². The van der Waals surface area contributed by atoms with Gasteiger partial charge in [0, 0.05) is 17.6 Å². The van der Waals surface area contributed by atoms with Gasteiger partial charge in [-0.3, -0.25) is 4.79 Å². The Hall–Kier alpha value is -1.57. The molecule has 1 aliphatic rings. The third-order valence-corrected chi connectivity index (χ3v) is 3.72. The molecule has 0 heterocycles. The van der Waals surface area contributed by atoms with Gasteiger partial charge in [-0.15, -0.1) is 0 Å². The molecular weight excluding hydrogens is 234 g/mol. The van der Waals surface area contributed by atoms with E-state index >= 15 is 0 Å². The van der Waals surface area contributed by atoms with Crippen LogP contribution in [0, 0.1) is 6.92 Å². The second kappa shape index (κ2) is 6.05. The van der Waals surface area contributed by atoms with Crippen molar-refractivity contribution in [3.63, 3.8) is 0 Å². The molecule has 1 atom stereocenters. The summed E-state index contributed by atoms with van der Waals surface area (Å²) in [6.45, 7) is 6.25. The summed E-state index contributed by atoms with van der Waals surface area (Å²) >= 11 is 0. The average molecular weight is 257 g/mol. The van der Waals surface area contributed by atoms with Crippen LogP contribution in [0.2, 0.25) is 0 Å². The van der Waals surface area contributed by atoms with Gasteiger partial charge in [0.25, 0.3) is 5.91 Å². The summed E-state index contributed by atoms with van der Waals surface area (Å²) in [5.41, 5.74) is 1.99. The van der Waals surface area contributed by atoms with Gasteiger partial charge in [0.1, 0.15) is 0 Å². The highest BCUT2D eigenvalue weighted by Gasteiger charge is 2.26. The van der Waals surface area contributed by atoms with E-state index in [1.807, 2.05) is 36.1 Å². The number of amides is 1. The van der Waals surface area contributed by atoms with Crippen molar-refractivity contribution in [1.29, 1.82) is 0 Å². The number of rotatable bonds is 3. The predicted molar refractivity (Wildman–Crippen MR) is 79.3 cm³/mol. The number of aryl methyl sites for hydroxylation is 1. The van der Waals surface area contributed by atoms with Gasteiger partial charge in [0.2, 0.25) is 0 Å². The molecule has 0 aliphatic heterocycles. The lowest BCUT2D eigenvalue weighted by Crippen LogP contribution is -2.45. The summed E-state index contributed by atoms with van der Waals surface area (Å²) in [4.78, 5) is 14.7. The van der Waals surface area contributed by atoms with Gasteiger partial charge in [0.15, 0.2) is 0 Å². The van der Waals surface area contributed by atoms with Crippen LogP contribution < -0.4 is 0 Å². The van der Waals surface area contributed by atoms with Crippen molar-refractivity contribution in [2.75, 3.05) is 0 Å². The van der Waals surface area contributed by atoms with Crippen LogP contribution in [-0.4, -0.2) is 22.9 Å². The van der Waals surface area contributed by atoms with Gasteiger partial charge in [-0.1, -0.05) is 29.8 Å². The van der Waals surface area contributed by atoms with E-state index in [2.05, 4.69) is 26.0 Å². The van der Waals surface area contributed by atoms with Crippen LogP contribution in [0.4, 0.5) is 0 Å². The van der Waals surface area contributed by atoms with E-state index < -0.39 is 0 Å². The minimum atomic E-state index is 0.162. The molecule has 1 aliphatic carbocycles. The molecule has 0 N–H and O–H groups in total. The number of carbonyl (C=O) groups is 1. The maximum Gasteiger partial charge on any atom is 0.254 e. The zero-order chi connectivity index (χ0) is 13.8. The quantitative estimate of drug-likeness (QED) is 0.751. The van der Waals surface area contributed by atoms with Crippen molar-refractivity contribution in [1.82, 2.24) is 4.90 Å². The van der Waals surface area contributed by atoms with Gasteiger partial charge in [-0.05, 0) is 52.2 Å². The Morgan fingerprint density at radius 1 is 1.21 bits per heavy atom. The molecule has 1 unspecified atom stereocenters. The largest absolute Gasteiger partial charge is 0.333 e. The molecule has 1 aromatic carbocycles. The average Bonchev–Trinajstić information content (AvgIpc) is 2.40. The summed E-state index contributed by atoms with van der Waals surface area (Å²) in [6, 6.07) is 8.47. The Morgan fingerprint density at radius 3 is 2.42 bits per heavy atom. The second-order valence-corrected chi connectivity index (χ2v) is 5.61. The molecule has 0 fully saturated rings. The number of nitrogens with zero attached hydrogens (tertiary/aromatic N) is 1. The summed E-state index contributed by atoms with van der Waals surface area (Å²) in [7, 11) is 0. The highest BCUT2D eigenvalue weighted by Crippen LogP contribution is 2.22. The van der Waals surface area contributed by atoms with Gasteiger partial charge in [-0.2, -0.15) is 0 Å². The molecule has 1 amide bonds. The van der Waals surface area contributed by atoms with Crippen LogP contribution in [0.25, 0.3) is 0 Å². The van der Waals surface area contributed by atoms with Crippen LogP contribution in [0.15, 0.2) is 36.4 Å². The van der Waals surface area contributed by atoms with Crippen molar-refractivity contribution < 1.29 is 4.79 Å². The first-order chi connectivity index (χ1) is 9.09. The summed E-state index contributed by atoms with van der Waals surface area (Å²) in [5.74, 6) is 0.162. The zero-order valence-corrected chi connectivity index (χ0v) is 12.1. The minimum Gasteiger partial charge on any atom is -0.333 e. The van der Waals surface area contributed by atoms with E-state index in [9.17, 15) is 4.79 Å². The van der Waals surface area contributed by atoms with Crippen molar-refractivity contribution in [3.8, 4) is 0 Å². The number of benzene rings is 1. The smallest absolute Gasteiger partial charge is 0.254 e. The van der Waals surface area contributed by atoms with E-state index in [-0.39, 0.29) is 11.9 Å². The fourth-order valence-corrected chi connectivity index (χ4v) is 2.70. The molecule has 102 valence electrons. The molecule has 2 rings (SSSR count). The Morgan fingerprint density at radius 2 is 1.89 bits per heavy atom. The SMILES string of the molecule is Cc1ccc(C(=O)N(C(C)C)C2CC=CCC2)cc1. The molecule has 0 radical (unpaired) electrons. The van der Waals surface area contributed by atoms with E-state index in [1.165, 1.54) is 5.56 Å². The first kappa shape index (κ1) is 13.9. The van der Waals surface area contributed by atoms with Crippen LogP contribution in [0.1, 0.15) is 49.0 Å². The van der Waals surface area contributed by atoms with Gasteiger partial charge >= 0.3 is 0 Å². The lowest BCUT2D eigenvalue weighted by Gasteiger charge is -2.36. The van der Waals surface area contributed by atoms with E-state index in [0.717, 1.165) is 24.8 Å². The maximum absolute atomic E-state index is 12.7. The molecular formula is C17H23NO.